The lowest BCUT2D eigenvalue weighted by atomic mass is 9.99. The van der Waals surface area contributed by atoms with E-state index in [0.717, 1.165) is 40.6 Å². The van der Waals surface area contributed by atoms with Crippen molar-refractivity contribution in [2.45, 2.75) is 13.3 Å². The molecule has 0 radical (unpaired) electrons. The van der Waals surface area contributed by atoms with Gasteiger partial charge in [0, 0.05) is 45.8 Å². The summed E-state index contributed by atoms with van der Waals surface area (Å²) in [7, 11) is 5.62. The van der Waals surface area contributed by atoms with E-state index in [1.54, 1.807) is 31.6 Å². The van der Waals surface area contributed by atoms with Gasteiger partial charge in [-0.1, -0.05) is 29.3 Å². The van der Waals surface area contributed by atoms with Gasteiger partial charge in [-0.05, 0) is 57.8 Å². The highest BCUT2D eigenvalue weighted by molar-refractivity contribution is 6.36. The number of benzene rings is 2. The van der Waals surface area contributed by atoms with Crippen LogP contribution in [0.3, 0.4) is 0 Å². The molecule has 1 aromatic heterocycles. The zero-order valence-corrected chi connectivity index (χ0v) is 19.6. The van der Waals surface area contributed by atoms with E-state index in [1.165, 1.54) is 0 Å². The molecule has 0 saturated carbocycles. The molecule has 0 aliphatic carbocycles. The summed E-state index contributed by atoms with van der Waals surface area (Å²) in [6.45, 7) is 3.43. The number of halogens is 2. The molecule has 3 rings (SSSR count). The average molecular weight is 461 g/mol. The van der Waals surface area contributed by atoms with Crippen LogP contribution in [0.1, 0.15) is 18.9 Å². The quantitative estimate of drug-likeness (QED) is 0.336. The summed E-state index contributed by atoms with van der Waals surface area (Å²) in [6, 6.07) is 9.14. The van der Waals surface area contributed by atoms with Crippen molar-refractivity contribution in [1.29, 1.82) is 0 Å². The standard InChI is InChI=1S/C24H26Cl2N2O3/c1-15(10-24(29)27-8-5-9-28(2)3)18-12-19-20(14-31-23(19)13-22(18)30-4)17-7-6-16(25)11-21(17)26/h6-7,10-14H,5,8-9H2,1-4H3,(H,27,29)/b15-10+. The van der Waals surface area contributed by atoms with E-state index < -0.39 is 0 Å². The Morgan fingerprint density at radius 3 is 2.65 bits per heavy atom. The normalized spacial score (nSPS) is 11.9. The Balaban J connectivity index is 1.93. The number of methoxy groups -OCH3 is 1. The predicted octanol–water partition coefficient (Wildman–Crippen LogP) is 5.89. The maximum atomic E-state index is 12.4. The average Bonchev–Trinajstić information content (AvgIpc) is 3.12. The van der Waals surface area contributed by atoms with E-state index in [1.807, 2.05) is 39.2 Å². The van der Waals surface area contributed by atoms with Gasteiger partial charge in [-0.3, -0.25) is 4.79 Å². The summed E-state index contributed by atoms with van der Waals surface area (Å²) in [5.74, 6) is 0.497. The second-order valence-electron chi connectivity index (χ2n) is 7.60. The van der Waals surface area contributed by atoms with Crippen molar-refractivity contribution in [3.63, 3.8) is 0 Å². The molecule has 0 spiro atoms. The zero-order valence-electron chi connectivity index (χ0n) is 18.1. The van der Waals surface area contributed by atoms with E-state index in [9.17, 15) is 4.79 Å². The molecule has 164 valence electrons. The van der Waals surface area contributed by atoms with E-state index >= 15 is 0 Å². The van der Waals surface area contributed by atoms with Gasteiger partial charge in [0.2, 0.25) is 5.91 Å². The lowest BCUT2D eigenvalue weighted by Gasteiger charge is -2.11. The molecule has 5 nitrogen and oxygen atoms in total. The number of allylic oxidation sites excluding steroid dienone is 1. The molecule has 1 N–H and O–H groups in total. The maximum Gasteiger partial charge on any atom is 0.244 e. The number of nitrogens with one attached hydrogen (secondary N) is 1. The van der Waals surface area contributed by atoms with Crippen molar-refractivity contribution in [1.82, 2.24) is 10.2 Å². The molecule has 0 saturated heterocycles. The van der Waals surface area contributed by atoms with E-state index in [4.69, 9.17) is 32.4 Å². The summed E-state index contributed by atoms with van der Waals surface area (Å²) in [5, 5.41) is 4.91. The minimum atomic E-state index is -0.133. The van der Waals surface area contributed by atoms with Crippen molar-refractivity contribution >= 4 is 45.7 Å². The zero-order chi connectivity index (χ0) is 22.5. The molecular formula is C24H26Cl2N2O3. The van der Waals surface area contributed by atoms with Crippen LogP contribution in [0.5, 0.6) is 5.75 Å². The number of hydrogen-bond donors (Lipinski definition) is 1. The van der Waals surface area contributed by atoms with Gasteiger partial charge < -0.3 is 19.4 Å². The fourth-order valence-corrected chi connectivity index (χ4v) is 3.89. The number of amides is 1. The topological polar surface area (TPSA) is 54.7 Å². The minimum Gasteiger partial charge on any atom is -0.496 e. The van der Waals surface area contributed by atoms with Crippen LogP contribution in [-0.4, -0.2) is 45.1 Å². The van der Waals surface area contributed by atoms with Crippen molar-refractivity contribution in [3.8, 4) is 16.9 Å². The Morgan fingerprint density at radius 2 is 1.97 bits per heavy atom. The Labute approximate surface area is 192 Å². The van der Waals surface area contributed by atoms with Crippen LogP contribution in [0, 0.1) is 0 Å². The second-order valence-corrected chi connectivity index (χ2v) is 8.44. The molecule has 1 heterocycles. The third-order valence-electron chi connectivity index (χ3n) is 4.97. The second kappa shape index (κ2) is 10.2. The molecule has 31 heavy (non-hydrogen) atoms. The van der Waals surface area contributed by atoms with Crippen molar-refractivity contribution in [3.05, 3.63) is 58.3 Å². The third kappa shape index (κ3) is 5.62. The number of carbonyl (C=O) groups is 1. The van der Waals surface area contributed by atoms with E-state index in [0.29, 0.717) is 27.9 Å². The molecule has 3 aromatic rings. The summed E-state index contributed by atoms with van der Waals surface area (Å²) in [6.07, 6.45) is 4.15. The summed E-state index contributed by atoms with van der Waals surface area (Å²) in [4.78, 5) is 14.4. The van der Waals surface area contributed by atoms with Crippen molar-refractivity contribution in [2.75, 3.05) is 34.3 Å². The Bertz CT molecular complexity index is 1120. The molecule has 0 unspecified atom stereocenters. The Morgan fingerprint density at radius 1 is 1.19 bits per heavy atom. The number of hydrogen-bond acceptors (Lipinski definition) is 4. The van der Waals surface area contributed by atoms with Crippen LogP contribution in [-0.2, 0) is 4.79 Å². The first-order valence-corrected chi connectivity index (χ1v) is 10.7. The molecular weight excluding hydrogens is 435 g/mol. The van der Waals surface area contributed by atoms with Crippen LogP contribution in [0.15, 0.2) is 47.1 Å². The molecule has 0 atom stereocenters. The fraction of sp³-hybridized carbons (Fsp3) is 0.292. The number of nitrogens with zero attached hydrogens (tertiary/aromatic N) is 1. The van der Waals surface area contributed by atoms with E-state index in [2.05, 4.69) is 10.2 Å². The number of carbonyl (C=O) groups excluding carboxylic acids is 1. The largest absolute Gasteiger partial charge is 0.496 e. The molecule has 1 amide bonds. The van der Waals surface area contributed by atoms with Gasteiger partial charge in [-0.15, -0.1) is 0 Å². The monoisotopic (exact) mass is 460 g/mol. The van der Waals surface area contributed by atoms with Gasteiger partial charge in [0.25, 0.3) is 0 Å². The van der Waals surface area contributed by atoms with Gasteiger partial charge in [-0.2, -0.15) is 0 Å². The van der Waals surface area contributed by atoms with Gasteiger partial charge in [-0.25, -0.2) is 0 Å². The van der Waals surface area contributed by atoms with Gasteiger partial charge in [0.05, 0.1) is 18.4 Å². The van der Waals surface area contributed by atoms with Crippen LogP contribution in [0.25, 0.3) is 27.7 Å². The van der Waals surface area contributed by atoms with Crippen LogP contribution < -0.4 is 10.1 Å². The van der Waals surface area contributed by atoms with Crippen LogP contribution in [0.4, 0.5) is 0 Å². The van der Waals surface area contributed by atoms with Gasteiger partial charge in [0.15, 0.2) is 0 Å². The summed E-state index contributed by atoms with van der Waals surface area (Å²) in [5.41, 5.74) is 3.94. The third-order valence-corrected chi connectivity index (χ3v) is 5.52. The van der Waals surface area contributed by atoms with Crippen molar-refractivity contribution < 1.29 is 13.9 Å². The summed E-state index contributed by atoms with van der Waals surface area (Å²) >= 11 is 12.5. The van der Waals surface area contributed by atoms with Gasteiger partial charge >= 0.3 is 0 Å². The number of ether oxygens (including phenoxy) is 1. The molecule has 0 fully saturated rings. The highest BCUT2D eigenvalue weighted by Crippen LogP contribution is 2.40. The van der Waals surface area contributed by atoms with Gasteiger partial charge in [0.1, 0.15) is 11.3 Å². The highest BCUT2D eigenvalue weighted by Gasteiger charge is 2.16. The fourth-order valence-electron chi connectivity index (χ4n) is 3.38. The lowest BCUT2D eigenvalue weighted by molar-refractivity contribution is -0.116. The number of rotatable bonds is 8. The maximum absolute atomic E-state index is 12.4. The Hall–Kier alpha value is -2.47. The molecule has 2 aromatic carbocycles. The molecule has 0 bridgehead atoms. The first-order chi connectivity index (χ1) is 14.8. The number of furan rings is 1. The molecule has 0 aliphatic heterocycles. The minimum absolute atomic E-state index is 0.133. The SMILES string of the molecule is COc1cc2occ(-c3ccc(Cl)cc3Cl)c2cc1/C(C)=C/C(=O)NCCCN(C)C. The predicted molar refractivity (Wildman–Crippen MR) is 128 cm³/mol. The van der Waals surface area contributed by atoms with Crippen LogP contribution >= 0.6 is 23.2 Å². The van der Waals surface area contributed by atoms with E-state index in [-0.39, 0.29) is 5.91 Å². The molecule has 7 heteroatoms. The Kier molecular flexibility index (Phi) is 7.65. The van der Waals surface area contributed by atoms with Crippen molar-refractivity contribution in [2.24, 2.45) is 0 Å². The highest BCUT2D eigenvalue weighted by atomic mass is 35.5. The lowest BCUT2D eigenvalue weighted by Crippen LogP contribution is -2.25. The van der Waals surface area contributed by atoms with Crippen LogP contribution in [0.2, 0.25) is 10.0 Å². The first kappa shape index (κ1) is 23.2. The summed E-state index contributed by atoms with van der Waals surface area (Å²) < 4.78 is 11.3. The smallest absolute Gasteiger partial charge is 0.244 e. The molecule has 0 aliphatic rings. The number of fused-ring (bicyclic) bond motifs is 1. The first-order valence-electron chi connectivity index (χ1n) is 9.96.